The Morgan fingerprint density at radius 1 is 1.21 bits per heavy atom. The van der Waals surface area contributed by atoms with Crippen LogP contribution in [0.2, 0.25) is 0 Å². The van der Waals surface area contributed by atoms with Crippen LogP contribution in [0.5, 0.6) is 0 Å². The number of carboxylic acids is 1. The van der Waals surface area contributed by atoms with E-state index < -0.39 is 11.5 Å². The highest BCUT2D eigenvalue weighted by Crippen LogP contribution is 2.21. The zero-order valence-corrected chi connectivity index (χ0v) is 14.4. The Morgan fingerprint density at radius 3 is 2.58 bits per heavy atom. The van der Waals surface area contributed by atoms with Gasteiger partial charge in [0.2, 0.25) is 5.91 Å². The third kappa shape index (κ3) is 4.37. The lowest BCUT2D eigenvalue weighted by Crippen LogP contribution is -2.49. The topological polar surface area (TPSA) is 82.2 Å². The van der Waals surface area contributed by atoms with Gasteiger partial charge in [0.05, 0.1) is 6.42 Å². The first kappa shape index (κ1) is 18.0. The van der Waals surface area contributed by atoms with E-state index in [0.717, 1.165) is 18.4 Å². The third-order valence-electron chi connectivity index (χ3n) is 4.77. The predicted molar refractivity (Wildman–Crippen MR) is 94.9 cm³/mol. The summed E-state index contributed by atoms with van der Waals surface area (Å²) >= 11 is 0. The Morgan fingerprint density at radius 2 is 1.92 bits per heavy atom. The number of aryl methyl sites for hydroxylation is 1. The number of carboxylic acid groups (broad SMARTS) is 1. The number of nitrogens with one attached hydrogen (secondary N) is 2. The Balaban J connectivity index is 1.89. The third-order valence-corrected chi connectivity index (χ3v) is 4.77. The number of carbonyl (C=O) groups is 2. The average molecular weight is 330 g/mol. The summed E-state index contributed by atoms with van der Waals surface area (Å²) in [5, 5.41) is 13.2. The standard InChI is InChI=1S/C19H26N2O3/c1-3-19(4-2,12-18(23)24)21-17(22)11-7-8-14-13-20-16-10-6-5-9-15(14)16/h5-6,9-10,13,20H,3-4,7-8,11-12H2,1-2H3,(H,21,22)(H,23,24). The minimum absolute atomic E-state index is 0.0335. The van der Waals surface area contributed by atoms with Crippen molar-refractivity contribution in [2.75, 3.05) is 0 Å². The van der Waals surface area contributed by atoms with Crippen LogP contribution in [0.15, 0.2) is 30.5 Å². The van der Waals surface area contributed by atoms with E-state index in [-0.39, 0.29) is 12.3 Å². The van der Waals surface area contributed by atoms with Crippen LogP contribution in [0.4, 0.5) is 0 Å². The van der Waals surface area contributed by atoms with Crippen LogP contribution in [-0.4, -0.2) is 27.5 Å². The van der Waals surface area contributed by atoms with Crippen molar-refractivity contribution in [2.45, 2.75) is 57.9 Å². The summed E-state index contributed by atoms with van der Waals surface area (Å²) in [5.74, 6) is -0.947. The lowest BCUT2D eigenvalue weighted by atomic mass is 9.88. The van der Waals surface area contributed by atoms with Gasteiger partial charge in [0.15, 0.2) is 0 Å². The highest BCUT2D eigenvalue weighted by Gasteiger charge is 2.30. The van der Waals surface area contributed by atoms with Crippen molar-refractivity contribution in [3.63, 3.8) is 0 Å². The van der Waals surface area contributed by atoms with Gasteiger partial charge in [0.1, 0.15) is 0 Å². The zero-order chi connectivity index (χ0) is 17.6. The molecule has 1 heterocycles. The molecular weight excluding hydrogens is 304 g/mol. The SMILES string of the molecule is CCC(CC)(CC(=O)O)NC(=O)CCCc1c[nH]c2ccccc12. The number of hydrogen-bond acceptors (Lipinski definition) is 2. The van der Waals surface area contributed by atoms with E-state index in [1.165, 1.54) is 10.9 Å². The fourth-order valence-electron chi connectivity index (χ4n) is 3.15. The van der Waals surface area contributed by atoms with Gasteiger partial charge in [-0.2, -0.15) is 0 Å². The Kier molecular flexibility index (Phi) is 6.01. The van der Waals surface area contributed by atoms with Gasteiger partial charge in [-0.3, -0.25) is 9.59 Å². The molecule has 24 heavy (non-hydrogen) atoms. The van der Waals surface area contributed by atoms with Gasteiger partial charge in [-0.15, -0.1) is 0 Å². The molecule has 0 saturated heterocycles. The Hall–Kier alpha value is -2.30. The maximum absolute atomic E-state index is 12.2. The van der Waals surface area contributed by atoms with Crippen LogP contribution in [0, 0.1) is 0 Å². The fourth-order valence-corrected chi connectivity index (χ4v) is 3.15. The van der Waals surface area contributed by atoms with Gasteiger partial charge in [-0.05, 0) is 37.3 Å². The second-order valence-corrected chi connectivity index (χ2v) is 6.32. The number of aromatic amines is 1. The van der Waals surface area contributed by atoms with Gasteiger partial charge in [0.25, 0.3) is 0 Å². The van der Waals surface area contributed by atoms with Crippen molar-refractivity contribution in [3.8, 4) is 0 Å². The monoisotopic (exact) mass is 330 g/mol. The number of fused-ring (bicyclic) bond motifs is 1. The molecule has 1 amide bonds. The maximum atomic E-state index is 12.2. The molecule has 0 radical (unpaired) electrons. The van der Waals surface area contributed by atoms with Gasteiger partial charge >= 0.3 is 5.97 Å². The summed E-state index contributed by atoms with van der Waals surface area (Å²) in [4.78, 5) is 26.5. The highest BCUT2D eigenvalue weighted by molar-refractivity contribution is 5.83. The molecule has 130 valence electrons. The maximum Gasteiger partial charge on any atom is 0.305 e. The smallest absolute Gasteiger partial charge is 0.305 e. The molecule has 0 aliphatic heterocycles. The van der Waals surface area contributed by atoms with E-state index in [4.69, 9.17) is 5.11 Å². The molecule has 0 fully saturated rings. The molecule has 2 aromatic rings. The molecule has 0 aliphatic carbocycles. The number of amides is 1. The summed E-state index contributed by atoms with van der Waals surface area (Å²) in [7, 11) is 0. The lowest BCUT2D eigenvalue weighted by Gasteiger charge is -2.31. The van der Waals surface area contributed by atoms with Crippen molar-refractivity contribution in [2.24, 2.45) is 0 Å². The molecule has 0 spiro atoms. The number of aliphatic carboxylic acids is 1. The minimum atomic E-state index is -0.877. The van der Waals surface area contributed by atoms with Crippen LogP contribution in [-0.2, 0) is 16.0 Å². The largest absolute Gasteiger partial charge is 0.481 e. The average Bonchev–Trinajstić information content (AvgIpc) is 2.97. The summed E-state index contributed by atoms with van der Waals surface area (Å²) in [6.45, 7) is 3.83. The van der Waals surface area contributed by atoms with Crippen molar-refractivity contribution < 1.29 is 14.7 Å². The molecule has 0 unspecified atom stereocenters. The van der Waals surface area contributed by atoms with E-state index in [1.807, 2.05) is 38.2 Å². The number of H-pyrrole nitrogens is 1. The molecule has 1 aromatic carbocycles. The van der Waals surface area contributed by atoms with E-state index in [9.17, 15) is 9.59 Å². The molecule has 5 heteroatoms. The van der Waals surface area contributed by atoms with Crippen LogP contribution < -0.4 is 5.32 Å². The molecule has 3 N–H and O–H groups in total. The van der Waals surface area contributed by atoms with Gasteiger partial charge in [0, 0.05) is 29.1 Å². The van der Waals surface area contributed by atoms with Crippen molar-refractivity contribution in [3.05, 3.63) is 36.0 Å². The normalized spacial score (nSPS) is 11.6. The second-order valence-electron chi connectivity index (χ2n) is 6.32. The Bertz CT molecular complexity index is 701. The first-order chi connectivity index (χ1) is 11.5. The molecule has 0 atom stereocenters. The van der Waals surface area contributed by atoms with E-state index in [2.05, 4.69) is 16.4 Å². The first-order valence-electron chi connectivity index (χ1n) is 8.57. The Labute approximate surface area is 142 Å². The number of rotatable bonds is 9. The van der Waals surface area contributed by atoms with Crippen molar-refractivity contribution in [1.29, 1.82) is 0 Å². The number of aromatic nitrogens is 1. The second kappa shape index (κ2) is 7.99. The molecule has 0 saturated carbocycles. The van der Waals surface area contributed by atoms with Crippen LogP contribution in [0.1, 0.15) is 51.5 Å². The molecule has 2 rings (SSSR count). The zero-order valence-electron chi connectivity index (χ0n) is 14.4. The van der Waals surface area contributed by atoms with E-state index >= 15 is 0 Å². The first-order valence-corrected chi connectivity index (χ1v) is 8.57. The lowest BCUT2D eigenvalue weighted by molar-refractivity contribution is -0.139. The summed E-state index contributed by atoms with van der Waals surface area (Å²) in [6, 6.07) is 8.12. The van der Waals surface area contributed by atoms with Crippen LogP contribution in [0.25, 0.3) is 10.9 Å². The molecule has 1 aromatic heterocycles. The number of carbonyl (C=O) groups excluding carboxylic acids is 1. The predicted octanol–water partition coefficient (Wildman–Crippen LogP) is 3.64. The van der Waals surface area contributed by atoms with Crippen LogP contribution >= 0.6 is 0 Å². The van der Waals surface area contributed by atoms with E-state index in [1.54, 1.807) is 0 Å². The summed E-state index contributed by atoms with van der Waals surface area (Å²) in [5.41, 5.74) is 1.68. The fraction of sp³-hybridized carbons (Fsp3) is 0.474. The van der Waals surface area contributed by atoms with Crippen molar-refractivity contribution in [1.82, 2.24) is 10.3 Å². The van der Waals surface area contributed by atoms with E-state index in [0.29, 0.717) is 19.3 Å². The quantitative estimate of drug-likeness (QED) is 0.656. The van der Waals surface area contributed by atoms with Crippen LogP contribution in [0.3, 0.4) is 0 Å². The van der Waals surface area contributed by atoms with Gasteiger partial charge in [-0.1, -0.05) is 32.0 Å². The summed E-state index contributed by atoms with van der Waals surface area (Å²) in [6.07, 6.45) is 5.16. The summed E-state index contributed by atoms with van der Waals surface area (Å²) < 4.78 is 0. The molecular formula is C19H26N2O3. The van der Waals surface area contributed by atoms with Gasteiger partial charge in [-0.25, -0.2) is 0 Å². The minimum Gasteiger partial charge on any atom is -0.481 e. The van der Waals surface area contributed by atoms with Gasteiger partial charge < -0.3 is 15.4 Å². The molecule has 5 nitrogen and oxygen atoms in total. The molecule has 0 bridgehead atoms. The van der Waals surface area contributed by atoms with Crippen molar-refractivity contribution >= 4 is 22.8 Å². The molecule has 0 aliphatic rings. The number of para-hydroxylation sites is 1. The highest BCUT2D eigenvalue weighted by atomic mass is 16.4. The number of hydrogen-bond donors (Lipinski definition) is 3. The number of benzene rings is 1.